The maximum Gasteiger partial charge on any atom is 0.241 e. The topological polar surface area (TPSA) is 46.2 Å². The van der Waals surface area contributed by atoms with Crippen LogP contribution in [0.1, 0.15) is 40.0 Å². The summed E-state index contributed by atoms with van der Waals surface area (Å²) >= 11 is 3.01. The molecule has 0 unspecified atom stereocenters. The average Bonchev–Trinajstić information content (AvgIpc) is 2.39. The molecule has 108 valence electrons. The van der Waals surface area contributed by atoms with E-state index in [-0.39, 0.29) is 9.37 Å². The lowest BCUT2D eigenvalue weighted by Crippen LogP contribution is -2.46. The molecule has 0 saturated heterocycles. The molecule has 0 aliphatic heterocycles. The lowest BCUT2D eigenvalue weighted by Gasteiger charge is -2.31. The van der Waals surface area contributed by atoms with Crippen molar-refractivity contribution in [3.63, 3.8) is 0 Å². The van der Waals surface area contributed by atoms with Gasteiger partial charge in [-0.1, -0.05) is 20.8 Å². The summed E-state index contributed by atoms with van der Waals surface area (Å²) in [4.78, 5) is -0.0482. The maximum atomic E-state index is 13.4. The maximum absolute atomic E-state index is 13.4. The molecule has 6 heteroatoms. The van der Waals surface area contributed by atoms with Gasteiger partial charge in [-0.15, -0.1) is 0 Å². The van der Waals surface area contributed by atoms with E-state index in [1.165, 1.54) is 12.1 Å². The van der Waals surface area contributed by atoms with Gasteiger partial charge in [0.25, 0.3) is 0 Å². The van der Waals surface area contributed by atoms with Crippen molar-refractivity contribution in [2.24, 2.45) is 0 Å². The van der Waals surface area contributed by atoms with Gasteiger partial charge in [0.15, 0.2) is 0 Å². The van der Waals surface area contributed by atoms with Gasteiger partial charge >= 0.3 is 0 Å². The Hall–Kier alpha value is -0.460. The number of sulfonamides is 1. The number of hydrogen-bond donors (Lipinski definition) is 1. The predicted octanol–water partition coefficient (Wildman–Crippen LogP) is 3.84. The van der Waals surface area contributed by atoms with Crippen LogP contribution in [0.15, 0.2) is 27.6 Å². The zero-order valence-corrected chi connectivity index (χ0v) is 13.7. The monoisotopic (exact) mass is 351 g/mol. The molecule has 0 aromatic heterocycles. The van der Waals surface area contributed by atoms with Crippen LogP contribution in [-0.4, -0.2) is 14.0 Å². The molecule has 1 N–H and O–H groups in total. The third kappa shape index (κ3) is 3.77. The second-order valence-electron chi connectivity index (χ2n) is 4.52. The third-order valence-electron chi connectivity index (χ3n) is 3.58. The molecule has 0 heterocycles. The van der Waals surface area contributed by atoms with E-state index in [2.05, 4.69) is 20.7 Å². The fourth-order valence-corrected chi connectivity index (χ4v) is 3.83. The summed E-state index contributed by atoms with van der Waals surface area (Å²) in [5.41, 5.74) is -0.470. The van der Waals surface area contributed by atoms with Crippen molar-refractivity contribution < 1.29 is 12.8 Å². The summed E-state index contributed by atoms with van der Waals surface area (Å²) in [6.45, 7) is 5.83. The van der Waals surface area contributed by atoms with Crippen LogP contribution in [-0.2, 0) is 10.0 Å². The number of nitrogens with one attached hydrogen (secondary N) is 1. The highest BCUT2D eigenvalue weighted by molar-refractivity contribution is 9.10. The Balaban J connectivity index is 3.14. The van der Waals surface area contributed by atoms with E-state index in [1.54, 1.807) is 0 Å². The molecule has 0 aliphatic carbocycles. The summed E-state index contributed by atoms with van der Waals surface area (Å²) < 4.78 is 41.0. The summed E-state index contributed by atoms with van der Waals surface area (Å²) in [6, 6.07) is 3.81. The molecule has 0 radical (unpaired) electrons. The normalized spacial score (nSPS) is 12.7. The quantitative estimate of drug-likeness (QED) is 0.846. The summed E-state index contributed by atoms with van der Waals surface area (Å²) in [7, 11) is -3.70. The molecule has 19 heavy (non-hydrogen) atoms. The smallest absolute Gasteiger partial charge is 0.207 e. The van der Waals surface area contributed by atoms with Crippen molar-refractivity contribution in [1.82, 2.24) is 4.72 Å². The van der Waals surface area contributed by atoms with Gasteiger partial charge in [0.1, 0.15) is 5.82 Å². The number of rotatable bonds is 6. The van der Waals surface area contributed by atoms with Crippen molar-refractivity contribution in [3.05, 3.63) is 28.5 Å². The van der Waals surface area contributed by atoms with Gasteiger partial charge in [-0.3, -0.25) is 0 Å². The second-order valence-corrected chi connectivity index (χ2v) is 7.06. The van der Waals surface area contributed by atoms with Gasteiger partial charge < -0.3 is 0 Å². The van der Waals surface area contributed by atoms with Gasteiger partial charge in [0, 0.05) is 5.54 Å². The number of halogens is 2. The molecule has 1 rings (SSSR count). The fraction of sp³-hybridized carbons (Fsp3) is 0.538. The van der Waals surface area contributed by atoms with E-state index in [0.29, 0.717) is 19.3 Å². The van der Waals surface area contributed by atoms with Crippen LogP contribution in [0.5, 0.6) is 0 Å². The van der Waals surface area contributed by atoms with Crippen LogP contribution in [0.25, 0.3) is 0 Å². The molecule has 1 aromatic carbocycles. The number of hydrogen-bond acceptors (Lipinski definition) is 2. The first-order chi connectivity index (χ1) is 8.80. The summed E-state index contributed by atoms with van der Waals surface area (Å²) in [5.74, 6) is -0.585. The van der Waals surface area contributed by atoms with Crippen LogP contribution >= 0.6 is 15.9 Å². The molecule has 0 aliphatic rings. The van der Waals surface area contributed by atoms with Crippen LogP contribution in [0.4, 0.5) is 4.39 Å². The largest absolute Gasteiger partial charge is 0.241 e. The van der Waals surface area contributed by atoms with E-state index < -0.39 is 21.4 Å². The van der Waals surface area contributed by atoms with Crippen molar-refractivity contribution in [3.8, 4) is 0 Å². The molecule has 0 fully saturated rings. The van der Waals surface area contributed by atoms with Crippen molar-refractivity contribution in [2.45, 2.75) is 50.5 Å². The highest BCUT2D eigenvalue weighted by Gasteiger charge is 2.30. The Bertz CT molecular complexity index is 533. The van der Waals surface area contributed by atoms with E-state index in [1.807, 2.05) is 20.8 Å². The van der Waals surface area contributed by atoms with Gasteiger partial charge in [0.05, 0.1) is 9.37 Å². The molecule has 0 atom stereocenters. The van der Waals surface area contributed by atoms with E-state index >= 15 is 0 Å². The highest BCUT2D eigenvalue weighted by atomic mass is 79.9. The van der Waals surface area contributed by atoms with Crippen molar-refractivity contribution >= 4 is 26.0 Å². The van der Waals surface area contributed by atoms with Crippen molar-refractivity contribution in [2.75, 3.05) is 0 Å². The minimum Gasteiger partial charge on any atom is -0.207 e. The van der Waals surface area contributed by atoms with Gasteiger partial charge in [-0.25, -0.2) is 17.5 Å². The van der Waals surface area contributed by atoms with E-state index in [9.17, 15) is 12.8 Å². The average molecular weight is 352 g/mol. The molecular formula is C13H19BrFNO2S. The molecule has 0 saturated carbocycles. The Morgan fingerprint density at radius 3 is 2.16 bits per heavy atom. The lowest BCUT2D eigenvalue weighted by atomic mass is 9.91. The molecule has 0 bridgehead atoms. The molecule has 0 spiro atoms. The third-order valence-corrected chi connectivity index (χ3v) is 5.80. The Morgan fingerprint density at radius 1 is 1.21 bits per heavy atom. The zero-order chi connectivity index (χ0) is 14.7. The fourth-order valence-electron chi connectivity index (χ4n) is 1.95. The Kier molecular flexibility index (Phi) is 5.53. The Morgan fingerprint density at radius 2 is 1.74 bits per heavy atom. The minimum atomic E-state index is -3.70. The first-order valence-corrected chi connectivity index (χ1v) is 8.57. The van der Waals surface area contributed by atoms with Crippen LogP contribution < -0.4 is 4.72 Å². The number of benzene rings is 1. The van der Waals surface area contributed by atoms with Gasteiger partial charge in [0.2, 0.25) is 10.0 Å². The second kappa shape index (κ2) is 6.33. The van der Waals surface area contributed by atoms with Gasteiger partial charge in [-0.2, -0.15) is 0 Å². The summed E-state index contributed by atoms with van der Waals surface area (Å²) in [5, 5.41) is 0. The van der Waals surface area contributed by atoms with Gasteiger partial charge in [-0.05, 0) is 53.4 Å². The highest BCUT2D eigenvalue weighted by Crippen LogP contribution is 2.24. The van der Waals surface area contributed by atoms with Crippen molar-refractivity contribution in [1.29, 1.82) is 0 Å². The zero-order valence-electron chi connectivity index (χ0n) is 11.3. The SMILES string of the molecule is CCC(CC)(CC)NS(=O)(=O)c1ccc(Br)c(F)c1. The van der Waals surface area contributed by atoms with E-state index in [4.69, 9.17) is 0 Å². The molecular weight excluding hydrogens is 333 g/mol. The van der Waals surface area contributed by atoms with Crippen LogP contribution in [0.2, 0.25) is 0 Å². The molecule has 0 amide bonds. The first-order valence-electron chi connectivity index (χ1n) is 6.29. The summed E-state index contributed by atoms with van der Waals surface area (Å²) in [6.07, 6.45) is 2.08. The predicted molar refractivity (Wildman–Crippen MR) is 78.0 cm³/mol. The first kappa shape index (κ1) is 16.6. The molecule has 3 nitrogen and oxygen atoms in total. The van der Waals surface area contributed by atoms with E-state index in [0.717, 1.165) is 6.07 Å². The minimum absolute atomic E-state index is 0.0482. The van der Waals surface area contributed by atoms with Crippen LogP contribution in [0, 0.1) is 5.82 Å². The Labute approximate surface area is 122 Å². The lowest BCUT2D eigenvalue weighted by molar-refractivity contribution is 0.341. The molecule has 1 aromatic rings. The standard InChI is InChI=1S/C13H19BrFNO2S/c1-4-13(5-2,6-3)16-19(17,18)10-7-8-11(14)12(15)9-10/h7-9,16H,4-6H2,1-3H3. The van der Waals surface area contributed by atoms with Crippen LogP contribution in [0.3, 0.4) is 0 Å².